The number of carbonyl (C=O) groups excluding carboxylic acids is 1. The Bertz CT molecular complexity index is 1200. The van der Waals surface area contributed by atoms with Crippen molar-refractivity contribution in [3.63, 3.8) is 0 Å². The summed E-state index contributed by atoms with van der Waals surface area (Å²) in [4.78, 5) is 13.5. The summed E-state index contributed by atoms with van der Waals surface area (Å²) in [5, 5.41) is 2.11. The predicted octanol–water partition coefficient (Wildman–Crippen LogP) is 7.16. The van der Waals surface area contributed by atoms with Gasteiger partial charge in [0.15, 0.2) is 5.78 Å². The maximum absolute atomic E-state index is 13.5. The molecule has 0 spiro atoms. The molecular weight excluding hydrogens is 480 g/mol. The minimum absolute atomic E-state index is 0.140. The number of ketones is 1. The lowest BCUT2D eigenvalue weighted by atomic mass is 9.97. The van der Waals surface area contributed by atoms with E-state index in [1.165, 1.54) is 0 Å². The van der Waals surface area contributed by atoms with Crippen molar-refractivity contribution in [2.45, 2.75) is 6.42 Å². The molecule has 0 amide bonds. The number of carbonyl (C=O) groups is 1. The monoisotopic (exact) mass is 498 g/mol. The fourth-order valence-corrected chi connectivity index (χ4v) is 3.73. The number of fused-ring (bicyclic) bond motifs is 1. The van der Waals surface area contributed by atoms with Crippen molar-refractivity contribution in [2.75, 3.05) is 19.0 Å². The number of hydrogen-bond acceptors (Lipinski definition) is 4. The molecule has 0 unspecified atom stereocenters. The van der Waals surface area contributed by atoms with Gasteiger partial charge in [-0.1, -0.05) is 27.5 Å². The molecule has 4 aromatic rings. The maximum atomic E-state index is 13.5. The van der Waals surface area contributed by atoms with Crippen LogP contribution in [0.5, 0.6) is 11.5 Å². The Morgan fingerprint density at radius 3 is 2.39 bits per heavy atom. The first-order valence-electron chi connectivity index (χ1n) is 9.80. The minimum atomic E-state index is -0.140. The van der Waals surface area contributed by atoms with Crippen molar-refractivity contribution < 1.29 is 18.7 Å². The molecular formula is C25H20BrClO4. The van der Waals surface area contributed by atoms with Crippen LogP contribution in [-0.4, -0.2) is 24.8 Å². The second-order valence-electron chi connectivity index (χ2n) is 6.92. The first-order valence-corrected chi connectivity index (χ1v) is 11.3. The Kier molecular flexibility index (Phi) is 6.64. The lowest BCUT2D eigenvalue weighted by molar-refractivity contribution is 0.104. The summed E-state index contributed by atoms with van der Waals surface area (Å²) in [6.45, 7) is 0.616. The molecule has 4 nitrogen and oxygen atoms in total. The molecule has 3 aromatic carbocycles. The van der Waals surface area contributed by atoms with Crippen molar-refractivity contribution in [1.29, 1.82) is 0 Å². The zero-order valence-corrected chi connectivity index (χ0v) is 19.2. The van der Waals surface area contributed by atoms with E-state index in [2.05, 4.69) is 15.9 Å². The molecule has 0 aliphatic heterocycles. The number of rotatable bonds is 8. The average Bonchev–Trinajstić information content (AvgIpc) is 3.18. The number of alkyl halides is 1. The van der Waals surface area contributed by atoms with E-state index in [-0.39, 0.29) is 5.78 Å². The van der Waals surface area contributed by atoms with Gasteiger partial charge in [-0.25, -0.2) is 0 Å². The van der Waals surface area contributed by atoms with Crippen LogP contribution in [0.3, 0.4) is 0 Å². The summed E-state index contributed by atoms with van der Waals surface area (Å²) in [5.74, 6) is 1.82. The molecule has 0 saturated heterocycles. The molecule has 0 aliphatic carbocycles. The van der Waals surface area contributed by atoms with Crippen LogP contribution in [0, 0.1) is 0 Å². The fraction of sp³-hybridized carbons (Fsp3) is 0.160. The van der Waals surface area contributed by atoms with Gasteiger partial charge in [0.25, 0.3) is 0 Å². The van der Waals surface area contributed by atoms with Gasteiger partial charge in [0.2, 0.25) is 0 Å². The van der Waals surface area contributed by atoms with Crippen molar-refractivity contribution in [1.82, 2.24) is 0 Å². The van der Waals surface area contributed by atoms with Gasteiger partial charge < -0.3 is 13.9 Å². The fourth-order valence-electron chi connectivity index (χ4n) is 3.33. The molecule has 1 heterocycles. The van der Waals surface area contributed by atoms with E-state index < -0.39 is 0 Å². The second-order valence-corrected chi connectivity index (χ2v) is 8.15. The van der Waals surface area contributed by atoms with Crippen LogP contribution in [0.4, 0.5) is 0 Å². The van der Waals surface area contributed by atoms with Crippen LogP contribution in [0.25, 0.3) is 22.3 Å². The zero-order chi connectivity index (χ0) is 21.8. The van der Waals surface area contributed by atoms with E-state index in [1.54, 1.807) is 37.4 Å². The normalized spacial score (nSPS) is 10.9. The van der Waals surface area contributed by atoms with Crippen LogP contribution >= 0.6 is 27.5 Å². The van der Waals surface area contributed by atoms with Crippen molar-refractivity contribution in [2.24, 2.45) is 0 Å². The smallest absolute Gasteiger partial charge is 0.197 e. The van der Waals surface area contributed by atoms with E-state index in [0.29, 0.717) is 39.5 Å². The Morgan fingerprint density at radius 1 is 1.00 bits per heavy atom. The first kappa shape index (κ1) is 21.5. The molecule has 6 heteroatoms. The first-order chi connectivity index (χ1) is 15.1. The second kappa shape index (κ2) is 9.58. The Labute approximate surface area is 193 Å². The summed E-state index contributed by atoms with van der Waals surface area (Å²) in [6.07, 6.45) is 0.910. The summed E-state index contributed by atoms with van der Waals surface area (Å²) in [6, 6.07) is 19.9. The average molecular weight is 500 g/mol. The third-order valence-corrected chi connectivity index (χ3v) is 5.69. The lowest BCUT2D eigenvalue weighted by Crippen LogP contribution is -2.03. The van der Waals surface area contributed by atoms with Gasteiger partial charge in [0.05, 0.1) is 19.3 Å². The van der Waals surface area contributed by atoms with Crippen LogP contribution in [0.1, 0.15) is 22.3 Å². The van der Waals surface area contributed by atoms with Gasteiger partial charge in [-0.2, -0.15) is 0 Å². The largest absolute Gasteiger partial charge is 0.497 e. The van der Waals surface area contributed by atoms with Crippen molar-refractivity contribution >= 4 is 44.3 Å². The number of benzene rings is 3. The SMILES string of the molecule is COc1ccc(-c2oc3ccc(Cl)cc3c2C(=O)c2ccc(OCCCBr)cc2)cc1. The zero-order valence-electron chi connectivity index (χ0n) is 16.9. The molecule has 0 N–H and O–H groups in total. The van der Waals surface area contributed by atoms with Crippen LogP contribution in [0.2, 0.25) is 5.02 Å². The van der Waals surface area contributed by atoms with E-state index in [0.717, 1.165) is 28.8 Å². The predicted molar refractivity (Wildman–Crippen MR) is 127 cm³/mol. The quantitative estimate of drug-likeness (QED) is 0.147. The molecule has 0 bridgehead atoms. The van der Waals surface area contributed by atoms with E-state index >= 15 is 0 Å². The number of furan rings is 1. The van der Waals surface area contributed by atoms with Crippen molar-refractivity contribution in [3.8, 4) is 22.8 Å². The molecule has 0 saturated carbocycles. The van der Waals surface area contributed by atoms with Gasteiger partial charge >= 0.3 is 0 Å². The molecule has 1 aromatic heterocycles. The molecule has 0 atom stereocenters. The van der Waals surface area contributed by atoms with Gasteiger partial charge in [-0.05, 0) is 73.2 Å². The third kappa shape index (κ3) is 4.63. The Balaban J connectivity index is 1.76. The minimum Gasteiger partial charge on any atom is -0.497 e. The number of hydrogen-bond donors (Lipinski definition) is 0. The summed E-state index contributed by atoms with van der Waals surface area (Å²) >= 11 is 9.61. The van der Waals surface area contributed by atoms with Gasteiger partial charge in [0, 0.05) is 26.9 Å². The van der Waals surface area contributed by atoms with E-state index in [9.17, 15) is 4.79 Å². The van der Waals surface area contributed by atoms with Crippen LogP contribution in [-0.2, 0) is 0 Å². The summed E-state index contributed by atoms with van der Waals surface area (Å²) in [5.41, 5.74) is 2.42. The Hall–Kier alpha value is -2.76. The molecule has 158 valence electrons. The number of halogens is 2. The highest BCUT2D eigenvalue weighted by molar-refractivity contribution is 9.09. The van der Waals surface area contributed by atoms with Crippen LogP contribution in [0.15, 0.2) is 71.1 Å². The maximum Gasteiger partial charge on any atom is 0.197 e. The highest BCUT2D eigenvalue weighted by Crippen LogP contribution is 2.37. The van der Waals surface area contributed by atoms with E-state index in [1.807, 2.05) is 36.4 Å². The van der Waals surface area contributed by atoms with Crippen molar-refractivity contribution in [3.05, 3.63) is 82.9 Å². The van der Waals surface area contributed by atoms with Crippen LogP contribution < -0.4 is 9.47 Å². The van der Waals surface area contributed by atoms with Gasteiger partial charge in [-0.15, -0.1) is 0 Å². The standard InChI is InChI=1S/C25H20BrClO4/c1-29-19-8-5-17(6-9-19)25-23(21-15-18(27)7-12-22(21)31-25)24(28)16-3-10-20(11-4-16)30-14-2-13-26/h3-12,15H,2,13-14H2,1H3. The summed E-state index contributed by atoms with van der Waals surface area (Å²) in [7, 11) is 1.61. The number of ether oxygens (including phenoxy) is 2. The third-order valence-electron chi connectivity index (χ3n) is 4.89. The summed E-state index contributed by atoms with van der Waals surface area (Å²) < 4.78 is 17.0. The Morgan fingerprint density at radius 2 is 1.71 bits per heavy atom. The topological polar surface area (TPSA) is 48.7 Å². The molecule has 31 heavy (non-hydrogen) atoms. The number of methoxy groups -OCH3 is 1. The molecule has 0 fully saturated rings. The highest BCUT2D eigenvalue weighted by atomic mass is 79.9. The highest BCUT2D eigenvalue weighted by Gasteiger charge is 2.23. The molecule has 0 aliphatic rings. The van der Waals surface area contributed by atoms with Gasteiger partial charge in [-0.3, -0.25) is 4.79 Å². The molecule has 0 radical (unpaired) electrons. The molecule has 4 rings (SSSR count). The lowest BCUT2D eigenvalue weighted by Gasteiger charge is -2.07. The van der Waals surface area contributed by atoms with E-state index in [4.69, 9.17) is 25.5 Å². The van der Waals surface area contributed by atoms with Gasteiger partial charge in [0.1, 0.15) is 22.8 Å².